The van der Waals surface area contributed by atoms with Crippen LogP contribution in [0.2, 0.25) is 0 Å². The molecule has 8 nitrogen and oxygen atoms in total. The van der Waals surface area contributed by atoms with Crippen LogP contribution in [0.1, 0.15) is 11.1 Å². The van der Waals surface area contributed by atoms with E-state index >= 15 is 0 Å². The second-order valence-electron chi connectivity index (χ2n) is 5.28. The van der Waals surface area contributed by atoms with Gasteiger partial charge in [-0.05, 0) is 49.5 Å². The largest absolute Gasteiger partial charge is 0.410 e. The molecule has 0 aromatic heterocycles. The zero-order valence-electron chi connectivity index (χ0n) is 13.3. The minimum Gasteiger partial charge on any atom is -0.410 e. The number of sulfonamides is 2. The maximum absolute atomic E-state index is 12.0. The van der Waals surface area contributed by atoms with E-state index in [1.807, 2.05) is 0 Å². The molecule has 0 saturated heterocycles. The maximum Gasteiger partial charge on any atom is 0.240 e. The van der Waals surface area contributed by atoms with Gasteiger partial charge >= 0.3 is 0 Å². The molecule has 0 unspecified atom stereocenters. The van der Waals surface area contributed by atoms with Gasteiger partial charge in [-0.3, -0.25) is 0 Å². The van der Waals surface area contributed by atoms with Crippen LogP contribution in [0.3, 0.4) is 0 Å². The molecule has 0 bridgehead atoms. The van der Waals surface area contributed by atoms with Crippen molar-refractivity contribution in [1.82, 2.24) is 9.44 Å². The van der Waals surface area contributed by atoms with Gasteiger partial charge in [0, 0.05) is 11.1 Å². The molecule has 3 N–H and O–H groups in total. The predicted octanol–water partition coefficient (Wildman–Crippen LogP) is 0.710. The summed E-state index contributed by atoms with van der Waals surface area (Å²) in [5.41, 5.74) is 2.25. The summed E-state index contributed by atoms with van der Waals surface area (Å²) in [6, 6.07) is 8.86. The van der Waals surface area contributed by atoms with Crippen LogP contribution in [0.5, 0.6) is 0 Å². The van der Waals surface area contributed by atoms with Crippen molar-refractivity contribution < 1.29 is 22.0 Å². The molecular formula is C15H15N3O5S2. The number of benzene rings is 2. The Hall–Kier alpha value is -2.27. The second-order valence-corrected chi connectivity index (χ2v) is 9.05. The van der Waals surface area contributed by atoms with Crippen LogP contribution in [0.4, 0.5) is 0 Å². The van der Waals surface area contributed by atoms with Crippen molar-refractivity contribution in [1.29, 1.82) is 0 Å². The average Bonchev–Trinajstić information content (AvgIpc) is 2.93. The summed E-state index contributed by atoms with van der Waals surface area (Å²) in [6.45, 7) is 0. The van der Waals surface area contributed by atoms with E-state index in [9.17, 15) is 22.0 Å². The number of hydrogen-bond acceptors (Lipinski definition) is 6. The summed E-state index contributed by atoms with van der Waals surface area (Å²) < 4.78 is 52.4. The van der Waals surface area contributed by atoms with Crippen molar-refractivity contribution in [2.45, 2.75) is 9.79 Å². The number of nitrogens with zero attached hydrogens (tertiary/aromatic N) is 1. The lowest BCUT2D eigenvalue weighted by atomic mass is 10.1. The van der Waals surface area contributed by atoms with Crippen LogP contribution in [0.15, 0.2) is 51.3 Å². The summed E-state index contributed by atoms with van der Waals surface area (Å²) in [6.07, 6.45) is 0. The van der Waals surface area contributed by atoms with Gasteiger partial charge in [0.15, 0.2) is 0 Å². The molecule has 3 rings (SSSR count). The van der Waals surface area contributed by atoms with E-state index in [0.29, 0.717) is 22.3 Å². The number of hydrogen-bond donors (Lipinski definition) is 3. The summed E-state index contributed by atoms with van der Waals surface area (Å²) >= 11 is 0. The molecule has 1 aliphatic rings. The number of oxime groups is 1. The van der Waals surface area contributed by atoms with Crippen molar-refractivity contribution in [3.05, 3.63) is 47.5 Å². The Balaban J connectivity index is 2.24. The molecule has 132 valence electrons. The fraction of sp³-hybridized carbons (Fsp3) is 0.133. The quantitative estimate of drug-likeness (QED) is 0.453. The molecular weight excluding hydrogens is 366 g/mol. The second kappa shape index (κ2) is 5.92. The van der Waals surface area contributed by atoms with Gasteiger partial charge in [0.05, 0.1) is 9.79 Å². The van der Waals surface area contributed by atoms with E-state index in [4.69, 9.17) is 0 Å². The summed E-state index contributed by atoms with van der Waals surface area (Å²) in [7, 11) is -4.74. The van der Waals surface area contributed by atoms with Gasteiger partial charge in [-0.1, -0.05) is 17.3 Å². The fourth-order valence-corrected chi connectivity index (χ4v) is 4.24. The number of nitrogens with one attached hydrogen (secondary N) is 2. The maximum atomic E-state index is 12.0. The van der Waals surface area contributed by atoms with Crippen LogP contribution in [0.25, 0.3) is 11.1 Å². The Bertz CT molecular complexity index is 1020. The molecule has 0 heterocycles. The van der Waals surface area contributed by atoms with Crippen LogP contribution in [-0.4, -0.2) is 41.8 Å². The average molecular weight is 381 g/mol. The van der Waals surface area contributed by atoms with Gasteiger partial charge in [0.2, 0.25) is 20.0 Å². The van der Waals surface area contributed by atoms with Crippen LogP contribution in [0, 0.1) is 0 Å². The Labute approximate surface area is 145 Å². The van der Waals surface area contributed by atoms with E-state index < -0.39 is 20.0 Å². The highest BCUT2D eigenvalue weighted by molar-refractivity contribution is 7.89. The summed E-state index contributed by atoms with van der Waals surface area (Å²) in [5, 5.41) is 12.7. The lowest BCUT2D eigenvalue weighted by Gasteiger charge is -2.06. The SMILES string of the molecule is CNS(=O)(=O)c1ccc2c(c1)C(=NO)c1cc(S(=O)(=O)NC)ccc1-2. The van der Waals surface area contributed by atoms with Crippen molar-refractivity contribution in [2.75, 3.05) is 14.1 Å². The van der Waals surface area contributed by atoms with E-state index in [1.165, 1.54) is 38.4 Å². The normalized spacial score (nSPS) is 13.4. The smallest absolute Gasteiger partial charge is 0.240 e. The molecule has 0 fully saturated rings. The fourth-order valence-electron chi connectivity index (χ4n) is 2.73. The van der Waals surface area contributed by atoms with Gasteiger partial charge in [0.1, 0.15) is 5.71 Å². The first-order chi connectivity index (χ1) is 11.7. The lowest BCUT2D eigenvalue weighted by Crippen LogP contribution is -2.19. The summed E-state index contributed by atoms with van der Waals surface area (Å²) in [5.74, 6) is 0. The van der Waals surface area contributed by atoms with Crippen molar-refractivity contribution in [2.24, 2.45) is 5.16 Å². The van der Waals surface area contributed by atoms with Crippen LogP contribution in [-0.2, 0) is 20.0 Å². The molecule has 0 radical (unpaired) electrons. The van der Waals surface area contributed by atoms with Gasteiger partial charge in [-0.15, -0.1) is 0 Å². The first kappa shape index (κ1) is 17.5. The van der Waals surface area contributed by atoms with Crippen LogP contribution >= 0.6 is 0 Å². The monoisotopic (exact) mass is 381 g/mol. The molecule has 1 aliphatic carbocycles. The molecule has 0 aliphatic heterocycles. The minimum absolute atomic E-state index is 0.0192. The molecule has 0 saturated carbocycles. The molecule has 0 amide bonds. The first-order valence-corrected chi connectivity index (χ1v) is 10.1. The third kappa shape index (κ3) is 2.72. The van der Waals surface area contributed by atoms with Crippen molar-refractivity contribution in [3.63, 3.8) is 0 Å². The van der Waals surface area contributed by atoms with Crippen molar-refractivity contribution >= 4 is 25.8 Å². The highest BCUT2D eigenvalue weighted by Gasteiger charge is 2.29. The number of rotatable bonds is 4. The van der Waals surface area contributed by atoms with E-state index in [2.05, 4.69) is 14.6 Å². The minimum atomic E-state index is -3.67. The lowest BCUT2D eigenvalue weighted by molar-refractivity contribution is 0.320. The summed E-state index contributed by atoms with van der Waals surface area (Å²) in [4.78, 5) is 0.0385. The first-order valence-electron chi connectivity index (χ1n) is 7.13. The Morgan fingerprint density at radius 1 is 0.760 bits per heavy atom. The zero-order chi connectivity index (χ0) is 18.4. The standard InChI is InChI=1S/C15H15N3O5S2/c1-16-24(20,21)9-3-5-11-12-6-4-10(25(22,23)17-2)8-14(12)15(18-19)13(11)7-9/h3-8,16-17,19H,1-2H3. The molecule has 0 atom stereocenters. The molecule has 25 heavy (non-hydrogen) atoms. The van der Waals surface area contributed by atoms with E-state index in [-0.39, 0.29) is 15.5 Å². The molecule has 2 aromatic rings. The highest BCUT2D eigenvalue weighted by atomic mass is 32.2. The molecule has 2 aromatic carbocycles. The third-order valence-corrected chi connectivity index (χ3v) is 6.86. The topological polar surface area (TPSA) is 125 Å². The Morgan fingerprint density at radius 3 is 1.48 bits per heavy atom. The Morgan fingerprint density at radius 2 is 1.16 bits per heavy atom. The molecule has 0 spiro atoms. The zero-order valence-corrected chi connectivity index (χ0v) is 14.9. The van der Waals surface area contributed by atoms with E-state index in [1.54, 1.807) is 12.1 Å². The third-order valence-electron chi connectivity index (χ3n) is 4.04. The van der Waals surface area contributed by atoms with Gasteiger partial charge in [-0.2, -0.15) is 0 Å². The van der Waals surface area contributed by atoms with Crippen molar-refractivity contribution in [3.8, 4) is 11.1 Å². The predicted molar refractivity (Wildman–Crippen MR) is 91.8 cm³/mol. The highest BCUT2D eigenvalue weighted by Crippen LogP contribution is 2.39. The Kier molecular flexibility index (Phi) is 4.15. The van der Waals surface area contributed by atoms with E-state index in [0.717, 1.165) is 0 Å². The number of fused-ring (bicyclic) bond motifs is 3. The van der Waals surface area contributed by atoms with Crippen LogP contribution < -0.4 is 9.44 Å². The van der Waals surface area contributed by atoms with Gasteiger partial charge < -0.3 is 5.21 Å². The van der Waals surface area contributed by atoms with Gasteiger partial charge in [0.25, 0.3) is 0 Å². The molecule has 10 heteroatoms. The van der Waals surface area contributed by atoms with Gasteiger partial charge in [-0.25, -0.2) is 26.3 Å².